The van der Waals surface area contributed by atoms with Crippen LogP contribution >= 0.6 is 0 Å². The van der Waals surface area contributed by atoms with E-state index in [1.807, 2.05) is 12.1 Å². The summed E-state index contributed by atoms with van der Waals surface area (Å²) in [5, 5.41) is 9.01. The lowest BCUT2D eigenvalue weighted by Crippen LogP contribution is -1.97. The van der Waals surface area contributed by atoms with Crippen LogP contribution in [0.1, 0.15) is 33.2 Å². The van der Waals surface area contributed by atoms with Crippen LogP contribution in [0, 0.1) is 11.8 Å². The number of carbonyl (C=O) groups is 1. The molecule has 2 unspecified atom stereocenters. The number of H-pyrrole nitrogens is 1. The fourth-order valence-corrected chi connectivity index (χ4v) is 3.66. The Morgan fingerprint density at radius 3 is 2.84 bits per heavy atom. The van der Waals surface area contributed by atoms with Gasteiger partial charge in [-0.25, -0.2) is 4.79 Å². The predicted molar refractivity (Wildman–Crippen MR) is 71.3 cm³/mol. The highest BCUT2D eigenvalue weighted by Crippen LogP contribution is 2.62. The molecule has 0 aliphatic heterocycles. The number of benzene rings is 1. The molecule has 0 amide bonds. The highest BCUT2D eigenvalue weighted by Gasteiger charge is 2.56. The molecule has 2 aromatic rings. The van der Waals surface area contributed by atoms with E-state index < -0.39 is 5.97 Å². The van der Waals surface area contributed by atoms with Gasteiger partial charge in [0.2, 0.25) is 0 Å². The van der Waals surface area contributed by atoms with Gasteiger partial charge in [-0.15, -0.1) is 0 Å². The molecule has 1 aromatic heterocycles. The Bertz CT molecular complexity index is 644. The second-order valence-electron chi connectivity index (χ2n) is 5.67. The Balaban J connectivity index is 1.54. The van der Waals surface area contributed by atoms with Gasteiger partial charge in [0, 0.05) is 11.6 Å². The second-order valence-corrected chi connectivity index (χ2v) is 5.67. The van der Waals surface area contributed by atoms with Crippen LogP contribution in [-0.4, -0.2) is 16.1 Å². The quantitative estimate of drug-likeness (QED) is 0.883. The van der Waals surface area contributed by atoms with Crippen molar-refractivity contribution in [2.45, 2.75) is 18.8 Å². The number of aromatic nitrogens is 1. The van der Waals surface area contributed by atoms with Gasteiger partial charge in [-0.05, 0) is 41.9 Å². The van der Waals surface area contributed by atoms with Crippen molar-refractivity contribution in [3.8, 4) is 0 Å². The van der Waals surface area contributed by atoms with Crippen LogP contribution in [0.2, 0.25) is 0 Å². The molecule has 0 saturated heterocycles. The highest BCUT2D eigenvalue weighted by atomic mass is 16.4. The molecule has 2 N–H and O–H groups in total. The zero-order valence-electron chi connectivity index (χ0n) is 10.5. The molecule has 3 heteroatoms. The summed E-state index contributed by atoms with van der Waals surface area (Å²) in [6.07, 6.45) is 2.15. The second kappa shape index (κ2) is 3.73. The zero-order chi connectivity index (χ0) is 13.0. The van der Waals surface area contributed by atoms with Crippen molar-refractivity contribution in [2.24, 2.45) is 11.8 Å². The molecule has 3 atom stereocenters. The summed E-state index contributed by atoms with van der Waals surface area (Å²) in [6.45, 7) is 0. The van der Waals surface area contributed by atoms with Gasteiger partial charge in [0.15, 0.2) is 0 Å². The van der Waals surface area contributed by atoms with Crippen molar-refractivity contribution in [1.29, 1.82) is 0 Å². The van der Waals surface area contributed by atoms with E-state index in [1.54, 1.807) is 0 Å². The number of aromatic carboxylic acids is 1. The number of fused-ring (bicyclic) bond motifs is 3. The highest BCUT2D eigenvalue weighted by molar-refractivity contribution is 5.86. The number of nitrogens with one attached hydrogen (secondary N) is 1. The summed E-state index contributed by atoms with van der Waals surface area (Å²) in [6, 6.07) is 12.4. The summed E-state index contributed by atoms with van der Waals surface area (Å²) < 4.78 is 0. The van der Waals surface area contributed by atoms with Gasteiger partial charge in [-0.2, -0.15) is 0 Å². The summed E-state index contributed by atoms with van der Waals surface area (Å²) >= 11 is 0. The Morgan fingerprint density at radius 2 is 2.11 bits per heavy atom. The Kier molecular flexibility index (Phi) is 2.13. The average molecular weight is 253 g/mol. The van der Waals surface area contributed by atoms with Gasteiger partial charge < -0.3 is 10.1 Å². The van der Waals surface area contributed by atoms with Crippen molar-refractivity contribution in [3.05, 3.63) is 58.9 Å². The van der Waals surface area contributed by atoms with Gasteiger partial charge in [-0.3, -0.25) is 0 Å². The molecule has 4 rings (SSSR count). The van der Waals surface area contributed by atoms with Crippen molar-refractivity contribution < 1.29 is 9.90 Å². The van der Waals surface area contributed by atoms with E-state index in [1.165, 1.54) is 16.8 Å². The summed E-state index contributed by atoms with van der Waals surface area (Å²) in [5.41, 5.74) is 4.13. The molecule has 1 aromatic carbocycles. The van der Waals surface area contributed by atoms with Crippen LogP contribution < -0.4 is 0 Å². The van der Waals surface area contributed by atoms with Gasteiger partial charge in [0.25, 0.3) is 0 Å². The monoisotopic (exact) mass is 253 g/mol. The molecular formula is C16H15NO2. The number of aromatic amines is 1. The van der Waals surface area contributed by atoms with Crippen molar-refractivity contribution in [2.75, 3.05) is 0 Å². The van der Waals surface area contributed by atoms with Crippen molar-refractivity contribution in [1.82, 2.24) is 4.98 Å². The van der Waals surface area contributed by atoms with Crippen molar-refractivity contribution in [3.63, 3.8) is 0 Å². The van der Waals surface area contributed by atoms with Gasteiger partial charge in [0.05, 0.1) is 0 Å². The van der Waals surface area contributed by atoms with Gasteiger partial charge >= 0.3 is 5.97 Å². The minimum atomic E-state index is -0.855. The first-order valence-corrected chi connectivity index (χ1v) is 6.73. The number of carboxylic acids is 1. The lowest BCUT2D eigenvalue weighted by atomic mass is 10.0. The third-order valence-corrected chi connectivity index (χ3v) is 4.60. The summed E-state index contributed by atoms with van der Waals surface area (Å²) in [4.78, 5) is 14.1. The predicted octanol–water partition coefficient (Wildman–Crippen LogP) is 2.84. The summed E-state index contributed by atoms with van der Waals surface area (Å²) in [7, 11) is 0. The maximum Gasteiger partial charge on any atom is 0.352 e. The molecule has 1 heterocycles. The molecule has 19 heavy (non-hydrogen) atoms. The standard InChI is InChI=1S/C16H15NO2/c18-16(19)13-8-10-7-12-11(14(12)15(10)17-13)6-9-4-2-1-3-5-9/h1-5,8,11-12,14,17H,6-7H2,(H,18,19)/t11-,12?,14?/m1/s1. The number of hydrogen-bond acceptors (Lipinski definition) is 1. The lowest BCUT2D eigenvalue weighted by Gasteiger charge is -2.03. The van der Waals surface area contributed by atoms with E-state index in [-0.39, 0.29) is 0 Å². The lowest BCUT2D eigenvalue weighted by molar-refractivity contribution is 0.0691. The molecule has 96 valence electrons. The van der Waals surface area contributed by atoms with E-state index in [9.17, 15) is 4.79 Å². The summed E-state index contributed by atoms with van der Waals surface area (Å²) in [5.74, 6) is 1.12. The smallest absolute Gasteiger partial charge is 0.352 e. The largest absolute Gasteiger partial charge is 0.477 e. The van der Waals surface area contributed by atoms with Crippen LogP contribution in [0.5, 0.6) is 0 Å². The molecule has 0 bridgehead atoms. The fourth-order valence-electron chi connectivity index (χ4n) is 3.66. The van der Waals surface area contributed by atoms with E-state index in [4.69, 9.17) is 5.11 Å². The molecule has 3 nitrogen and oxygen atoms in total. The third-order valence-electron chi connectivity index (χ3n) is 4.60. The van der Waals surface area contributed by atoms with Crippen LogP contribution in [0.3, 0.4) is 0 Å². The van der Waals surface area contributed by atoms with E-state index in [0.717, 1.165) is 18.8 Å². The average Bonchev–Trinajstić information content (AvgIpc) is 2.75. The molecule has 2 aliphatic rings. The van der Waals surface area contributed by atoms with E-state index in [0.29, 0.717) is 17.5 Å². The number of rotatable bonds is 3. The molecule has 1 fully saturated rings. The minimum absolute atomic E-state index is 0.341. The van der Waals surface area contributed by atoms with E-state index >= 15 is 0 Å². The Hall–Kier alpha value is -2.03. The maximum atomic E-state index is 11.0. The number of carboxylic acid groups (broad SMARTS) is 1. The van der Waals surface area contributed by atoms with Crippen LogP contribution in [0.25, 0.3) is 0 Å². The minimum Gasteiger partial charge on any atom is -0.477 e. The van der Waals surface area contributed by atoms with Crippen LogP contribution in [-0.2, 0) is 12.8 Å². The maximum absolute atomic E-state index is 11.0. The Morgan fingerprint density at radius 1 is 1.32 bits per heavy atom. The molecule has 0 radical (unpaired) electrons. The molecular weight excluding hydrogens is 238 g/mol. The SMILES string of the molecule is O=C(O)c1cc2c([nH]1)C1C(C2)[C@H]1Cc1ccccc1. The topological polar surface area (TPSA) is 53.1 Å². The Labute approximate surface area is 111 Å². The van der Waals surface area contributed by atoms with E-state index in [2.05, 4.69) is 29.2 Å². The van der Waals surface area contributed by atoms with Gasteiger partial charge in [-0.1, -0.05) is 30.3 Å². The normalized spacial score (nSPS) is 26.8. The number of hydrogen-bond donors (Lipinski definition) is 2. The van der Waals surface area contributed by atoms with Crippen molar-refractivity contribution >= 4 is 5.97 Å². The molecule has 1 saturated carbocycles. The van der Waals surface area contributed by atoms with Crippen LogP contribution in [0.4, 0.5) is 0 Å². The third kappa shape index (κ3) is 1.61. The first kappa shape index (κ1) is 10.9. The zero-order valence-corrected chi connectivity index (χ0v) is 10.5. The fraction of sp³-hybridized carbons (Fsp3) is 0.312. The van der Waals surface area contributed by atoms with Gasteiger partial charge in [0.1, 0.15) is 5.69 Å². The molecule has 0 spiro atoms. The van der Waals surface area contributed by atoms with Crippen LogP contribution in [0.15, 0.2) is 36.4 Å². The first-order chi connectivity index (χ1) is 9.24. The first-order valence-electron chi connectivity index (χ1n) is 6.73. The molecule has 2 aliphatic carbocycles.